The number of hydrogen-bond acceptors (Lipinski definition) is 7. The molecule has 1 aromatic heterocycles. The van der Waals surface area contributed by atoms with E-state index in [0.717, 1.165) is 6.07 Å². The van der Waals surface area contributed by atoms with Crippen LogP contribution in [-0.2, 0) is 19.9 Å². The smallest absolute Gasteiger partial charge is 0.334 e. The summed E-state index contributed by atoms with van der Waals surface area (Å²) in [7, 11) is -3.65. The van der Waals surface area contributed by atoms with Crippen LogP contribution in [0.2, 0.25) is 0 Å². The van der Waals surface area contributed by atoms with Crippen molar-refractivity contribution >= 4 is 30.0 Å². The second-order valence-corrected chi connectivity index (χ2v) is 9.06. The summed E-state index contributed by atoms with van der Waals surface area (Å²) < 4.78 is 25.9. The molecule has 2 aromatic rings. The van der Waals surface area contributed by atoms with E-state index in [4.69, 9.17) is 9.05 Å². The predicted molar refractivity (Wildman–Crippen MR) is 110 cm³/mol. The number of aromatic nitrogens is 1. The number of carbonyl (C=O) groups is 1. The first-order valence-electron chi connectivity index (χ1n) is 9.28. The van der Waals surface area contributed by atoms with Crippen LogP contribution in [0.1, 0.15) is 51.4 Å². The Morgan fingerprint density at radius 3 is 2.28 bits per heavy atom. The lowest BCUT2D eigenvalue weighted by atomic mass is 10.1. The van der Waals surface area contributed by atoms with Crippen LogP contribution in [0.4, 0.5) is 5.69 Å². The lowest BCUT2D eigenvalue weighted by Gasteiger charge is -2.24. The molecule has 0 spiro atoms. The zero-order valence-electron chi connectivity index (χ0n) is 17.1. The van der Waals surface area contributed by atoms with E-state index in [2.05, 4.69) is 0 Å². The van der Waals surface area contributed by atoms with Gasteiger partial charge in [0.05, 0.1) is 33.6 Å². The first kappa shape index (κ1) is 22.9. The number of nitro groups is 1. The molecule has 10 heteroatoms. The topological polar surface area (TPSA) is 118 Å². The maximum absolute atomic E-state index is 13.3. The lowest BCUT2D eigenvalue weighted by Crippen LogP contribution is -2.20. The Labute approximate surface area is 168 Å². The third-order valence-electron chi connectivity index (χ3n) is 3.96. The van der Waals surface area contributed by atoms with Gasteiger partial charge in [0.25, 0.3) is 5.69 Å². The van der Waals surface area contributed by atoms with E-state index >= 15 is 0 Å². The Hall–Kier alpha value is -2.35. The lowest BCUT2D eigenvalue weighted by molar-refractivity contribution is -0.384. The zero-order chi connectivity index (χ0) is 21.9. The summed E-state index contributed by atoms with van der Waals surface area (Å²) in [4.78, 5) is 35.6. The molecule has 0 aliphatic carbocycles. The molecular weight excluding hydrogens is 399 g/mol. The third-order valence-corrected chi connectivity index (χ3v) is 6.10. The number of Topliss-reactive ketones (excluding diaryl/α,β-unsaturated/α-hetero) is 1. The van der Waals surface area contributed by atoms with Crippen LogP contribution in [0.3, 0.4) is 0 Å². The van der Waals surface area contributed by atoms with Crippen molar-refractivity contribution in [2.24, 2.45) is 0 Å². The summed E-state index contributed by atoms with van der Waals surface area (Å²) in [5, 5.41) is 11.1. The molecule has 158 valence electrons. The summed E-state index contributed by atoms with van der Waals surface area (Å²) in [6.45, 7) is 8.48. The molecule has 9 nitrogen and oxygen atoms in total. The van der Waals surface area contributed by atoms with Crippen LogP contribution in [0.5, 0.6) is 0 Å². The van der Waals surface area contributed by atoms with Gasteiger partial charge in [0.15, 0.2) is 11.2 Å². The molecule has 0 amide bonds. The van der Waals surface area contributed by atoms with Gasteiger partial charge in [0.1, 0.15) is 6.29 Å². The zero-order valence-corrected chi connectivity index (χ0v) is 18.0. The molecule has 0 aliphatic rings. The van der Waals surface area contributed by atoms with E-state index in [1.807, 2.05) is 0 Å². The number of carbonyl (C=O) groups excluding carboxylic acids is 1. The molecule has 0 bridgehead atoms. The molecule has 2 rings (SSSR count). The van der Waals surface area contributed by atoms with Crippen molar-refractivity contribution in [2.45, 2.75) is 59.5 Å². The fraction of sp³-hybridized carbons (Fsp3) is 0.474. The largest absolute Gasteiger partial charge is 0.350 e. The van der Waals surface area contributed by atoms with Gasteiger partial charge in [-0.2, -0.15) is 0 Å². The van der Waals surface area contributed by atoms with Crippen molar-refractivity contribution in [1.29, 1.82) is 0 Å². The quantitative estimate of drug-likeness (QED) is 0.252. The van der Waals surface area contributed by atoms with E-state index in [-0.39, 0.29) is 41.6 Å². The molecule has 0 fully saturated rings. The van der Waals surface area contributed by atoms with Crippen LogP contribution in [0, 0.1) is 10.1 Å². The van der Waals surface area contributed by atoms with Gasteiger partial charge in [-0.25, -0.2) is 0 Å². The highest BCUT2D eigenvalue weighted by molar-refractivity contribution is 7.52. The highest BCUT2D eigenvalue weighted by atomic mass is 31.2. The minimum atomic E-state index is -3.65. The Balaban J connectivity index is 2.74. The minimum Gasteiger partial charge on any atom is -0.334 e. The summed E-state index contributed by atoms with van der Waals surface area (Å²) >= 11 is 0. The molecule has 1 aromatic carbocycles. The van der Waals surface area contributed by atoms with E-state index < -0.39 is 23.7 Å². The number of fused-ring (bicyclic) bond motifs is 1. The van der Waals surface area contributed by atoms with Crippen molar-refractivity contribution in [3.63, 3.8) is 0 Å². The number of hydrogen-bond donors (Lipinski definition) is 0. The van der Waals surface area contributed by atoms with Crippen molar-refractivity contribution in [3.05, 3.63) is 50.3 Å². The molecule has 0 radical (unpaired) electrons. The third kappa shape index (κ3) is 5.38. The second-order valence-electron chi connectivity index (χ2n) is 7.14. The Morgan fingerprint density at radius 1 is 1.21 bits per heavy atom. The van der Waals surface area contributed by atoms with Crippen LogP contribution in [-0.4, -0.2) is 27.5 Å². The number of ketones is 1. The first-order chi connectivity index (χ1) is 13.5. The second kappa shape index (κ2) is 8.98. The number of rotatable bonds is 9. The van der Waals surface area contributed by atoms with Crippen molar-refractivity contribution in [1.82, 2.24) is 4.57 Å². The van der Waals surface area contributed by atoms with Crippen molar-refractivity contribution in [3.8, 4) is 0 Å². The van der Waals surface area contributed by atoms with Gasteiger partial charge in [-0.15, -0.1) is 0 Å². The summed E-state index contributed by atoms with van der Waals surface area (Å²) in [5.41, 5.74) is -0.701. The van der Waals surface area contributed by atoms with Crippen LogP contribution < -0.4 is 5.43 Å². The van der Waals surface area contributed by atoms with Gasteiger partial charge < -0.3 is 13.6 Å². The van der Waals surface area contributed by atoms with Crippen molar-refractivity contribution < 1.29 is 23.3 Å². The standard InChI is InChI=1S/C19H25N2O7P/c1-6-18(22)16-10-20(11-29(26,27-12(2)3)28-13(4)5)17-8-7-14(21(24)25)9-15(17)19(16)23/h7-10,12-13H,6,11H2,1-5H3. The average Bonchev–Trinajstić information content (AvgIpc) is 2.61. The molecule has 0 unspecified atom stereocenters. The number of pyridine rings is 1. The normalized spacial score (nSPS) is 12.1. The number of nitro benzene ring substituents is 1. The number of non-ortho nitro benzene ring substituents is 1. The van der Waals surface area contributed by atoms with E-state index in [1.54, 1.807) is 34.6 Å². The molecule has 0 N–H and O–H groups in total. The fourth-order valence-corrected chi connectivity index (χ4v) is 5.00. The fourth-order valence-electron chi connectivity index (χ4n) is 2.93. The van der Waals surface area contributed by atoms with Crippen molar-refractivity contribution in [2.75, 3.05) is 0 Å². The van der Waals surface area contributed by atoms with Crippen LogP contribution in [0.15, 0.2) is 29.2 Å². The number of benzene rings is 1. The van der Waals surface area contributed by atoms with Crippen LogP contribution >= 0.6 is 7.60 Å². The molecular formula is C19H25N2O7P. The SMILES string of the molecule is CCC(=O)c1cn(CP(=O)(OC(C)C)OC(C)C)c2ccc([N+](=O)[O-])cc2c1=O. The number of nitrogens with zero attached hydrogens (tertiary/aromatic N) is 2. The van der Waals surface area contributed by atoms with E-state index in [9.17, 15) is 24.3 Å². The van der Waals surface area contributed by atoms with E-state index in [1.165, 1.54) is 22.9 Å². The van der Waals surface area contributed by atoms with E-state index in [0.29, 0.717) is 5.52 Å². The molecule has 0 saturated heterocycles. The highest BCUT2D eigenvalue weighted by Crippen LogP contribution is 2.52. The minimum absolute atomic E-state index is 0.000793. The van der Waals surface area contributed by atoms with Gasteiger partial charge in [-0.3, -0.25) is 24.3 Å². The summed E-state index contributed by atoms with van der Waals surface area (Å²) in [5.74, 6) is -0.415. The Bertz CT molecular complexity index is 1030. The van der Waals surface area contributed by atoms with Crippen LogP contribution in [0.25, 0.3) is 10.9 Å². The molecule has 0 aliphatic heterocycles. The molecule has 0 atom stereocenters. The Kier molecular flexibility index (Phi) is 7.11. The maximum Gasteiger partial charge on any atom is 0.350 e. The van der Waals surface area contributed by atoms with Gasteiger partial charge in [-0.1, -0.05) is 6.92 Å². The average molecular weight is 424 g/mol. The predicted octanol–water partition coefficient (Wildman–Crippen LogP) is 4.50. The van der Waals surface area contributed by atoms with Gasteiger partial charge in [-0.05, 0) is 33.8 Å². The highest BCUT2D eigenvalue weighted by Gasteiger charge is 2.30. The maximum atomic E-state index is 13.3. The molecule has 29 heavy (non-hydrogen) atoms. The monoisotopic (exact) mass is 424 g/mol. The van der Waals surface area contributed by atoms with Gasteiger partial charge in [0, 0.05) is 24.8 Å². The summed E-state index contributed by atoms with van der Waals surface area (Å²) in [6, 6.07) is 3.76. The van der Waals surface area contributed by atoms with Gasteiger partial charge >= 0.3 is 7.60 Å². The molecule has 1 heterocycles. The Morgan fingerprint density at radius 2 is 1.79 bits per heavy atom. The summed E-state index contributed by atoms with van der Waals surface area (Å²) in [6.07, 6.45) is 0.383. The first-order valence-corrected chi connectivity index (χ1v) is 11.0. The van der Waals surface area contributed by atoms with Gasteiger partial charge in [0.2, 0.25) is 0 Å². The molecule has 0 saturated carbocycles.